The molecule has 3 rings (SSSR count). The molecule has 0 radical (unpaired) electrons. The summed E-state index contributed by atoms with van der Waals surface area (Å²) >= 11 is 3.68. The molecule has 1 aliphatic rings. The van der Waals surface area contributed by atoms with Gasteiger partial charge >= 0.3 is 0 Å². The fourth-order valence-electron chi connectivity index (χ4n) is 2.95. The predicted molar refractivity (Wildman–Crippen MR) is 85.5 cm³/mol. The summed E-state index contributed by atoms with van der Waals surface area (Å²) in [5, 5.41) is 0. The highest BCUT2D eigenvalue weighted by atomic mass is 79.9. The van der Waals surface area contributed by atoms with E-state index in [1.807, 2.05) is 0 Å². The van der Waals surface area contributed by atoms with E-state index >= 15 is 0 Å². The fourth-order valence-corrected chi connectivity index (χ4v) is 3.46. The van der Waals surface area contributed by atoms with Gasteiger partial charge in [-0.1, -0.05) is 51.8 Å². The minimum atomic E-state index is 1.06. The number of allylic oxidation sites excluding steroid dienone is 1. The van der Waals surface area contributed by atoms with Gasteiger partial charge < -0.3 is 0 Å². The van der Waals surface area contributed by atoms with E-state index in [4.69, 9.17) is 0 Å². The molecule has 0 amide bonds. The third kappa shape index (κ3) is 1.97. The second-order valence-corrected chi connectivity index (χ2v) is 6.20. The second kappa shape index (κ2) is 4.64. The van der Waals surface area contributed by atoms with Gasteiger partial charge in [0.25, 0.3) is 0 Å². The number of aryl methyl sites for hydroxylation is 1. The van der Waals surface area contributed by atoms with E-state index in [2.05, 4.69) is 73.1 Å². The number of rotatable bonds is 1. The molecule has 0 N–H and O–H groups in total. The Kier molecular flexibility index (Phi) is 3.10. The normalized spacial score (nSPS) is 13.9. The first-order valence-electron chi connectivity index (χ1n) is 6.63. The van der Waals surface area contributed by atoms with E-state index in [0.29, 0.717) is 0 Å². The summed E-state index contributed by atoms with van der Waals surface area (Å²) in [5.41, 5.74) is 9.85. The van der Waals surface area contributed by atoms with E-state index in [-0.39, 0.29) is 0 Å². The van der Waals surface area contributed by atoms with Crippen LogP contribution in [-0.4, -0.2) is 0 Å². The van der Waals surface area contributed by atoms with Crippen molar-refractivity contribution >= 4 is 21.5 Å². The third-order valence-corrected chi connectivity index (χ3v) is 4.87. The molecule has 0 saturated heterocycles. The maximum atomic E-state index is 3.68. The highest BCUT2D eigenvalue weighted by Gasteiger charge is 2.22. The molecule has 1 aliphatic carbocycles. The monoisotopic (exact) mass is 312 g/mol. The molecule has 2 aromatic rings. The Hall–Kier alpha value is -1.34. The summed E-state index contributed by atoms with van der Waals surface area (Å²) in [4.78, 5) is 0. The quantitative estimate of drug-likeness (QED) is 0.657. The summed E-state index contributed by atoms with van der Waals surface area (Å²) < 4.78 is 1.23. The molecule has 0 spiro atoms. The van der Waals surface area contributed by atoms with Crippen LogP contribution in [-0.2, 0) is 6.42 Å². The number of fused-ring (bicyclic) bond motifs is 1. The Morgan fingerprint density at radius 3 is 2.37 bits per heavy atom. The first kappa shape index (κ1) is 12.7. The van der Waals surface area contributed by atoms with Gasteiger partial charge in [-0.15, -0.1) is 0 Å². The summed E-state index contributed by atoms with van der Waals surface area (Å²) in [6.07, 6.45) is 1.06. The minimum absolute atomic E-state index is 1.06. The maximum Gasteiger partial charge on any atom is 0.0216 e. The zero-order valence-corrected chi connectivity index (χ0v) is 13.1. The Bertz CT molecular complexity index is 693. The van der Waals surface area contributed by atoms with Crippen LogP contribution in [0.3, 0.4) is 0 Å². The number of hydrogen-bond acceptors (Lipinski definition) is 0. The number of halogens is 1. The van der Waals surface area contributed by atoms with Crippen LogP contribution in [0.15, 0.2) is 46.4 Å². The van der Waals surface area contributed by atoms with Crippen molar-refractivity contribution in [1.82, 2.24) is 0 Å². The van der Waals surface area contributed by atoms with E-state index in [9.17, 15) is 0 Å². The van der Waals surface area contributed by atoms with E-state index in [0.717, 1.165) is 6.42 Å². The number of hydrogen-bond donors (Lipinski definition) is 0. The molecule has 0 unspecified atom stereocenters. The highest BCUT2D eigenvalue weighted by molar-refractivity contribution is 9.10. The van der Waals surface area contributed by atoms with Crippen molar-refractivity contribution in [2.45, 2.75) is 27.2 Å². The fraction of sp³-hybridized carbons (Fsp3) is 0.222. The smallest absolute Gasteiger partial charge is 0.0216 e. The zero-order valence-electron chi connectivity index (χ0n) is 11.5. The Labute approximate surface area is 123 Å². The van der Waals surface area contributed by atoms with Gasteiger partial charge in [0.05, 0.1) is 0 Å². The molecular formula is C18H17Br. The average molecular weight is 313 g/mol. The molecule has 0 aliphatic heterocycles. The van der Waals surface area contributed by atoms with Crippen molar-refractivity contribution in [1.29, 1.82) is 0 Å². The molecule has 0 fully saturated rings. The summed E-state index contributed by atoms with van der Waals surface area (Å²) in [7, 11) is 0. The molecule has 19 heavy (non-hydrogen) atoms. The van der Waals surface area contributed by atoms with Crippen LogP contribution in [0.4, 0.5) is 0 Å². The van der Waals surface area contributed by atoms with Gasteiger partial charge in [0.1, 0.15) is 0 Å². The van der Waals surface area contributed by atoms with Crippen molar-refractivity contribution in [2.75, 3.05) is 0 Å². The van der Waals surface area contributed by atoms with Crippen LogP contribution in [0, 0.1) is 13.8 Å². The van der Waals surface area contributed by atoms with Crippen molar-refractivity contribution < 1.29 is 0 Å². The van der Waals surface area contributed by atoms with Gasteiger partial charge in [-0.2, -0.15) is 0 Å². The summed E-state index contributed by atoms with van der Waals surface area (Å²) in [6.45, 7) is 6.66. The van der Waals surface area contributed by atoms with E-state index in [1.165, 1.54) is 43.4 Å². The zero-order chi connectivity index (χ0) is 13.6. The molecule has 0 bridgehead atoms. The molecule has 0 atom stereocenters. The molecular weight excluding hydrogens is 296 g/mol. The maximum absolute atomic E-state index is 3.68. The Balaban J connectivity index is 2.25. The van der Waals surface area contributed by atoms with Crippen LogP contribution in [0.1, 0.15) is 34.7 Å². The lowest BCUT2D eigenvalue weighted by molar-refractivity contribution is 1.18. The standard InChI is InChI=1S/C18H17Br/c1-11-6-4-7-14(13(11)3)18-12(2)10-16-15(18)8-5-9-17(16)19/h4-9H,10H2,1-3H3. The van der Waals surface area contributed by atoms with Gasteiger partial charge in [0.15, 0.2) is 0 Å². The Morgan fingerprint density at radius 1 is 0.895 bits per heavy atom. The minimum Gasteiger partial charge on any atom is -0.0614 e. The van der Waals surface area contributed by atoms with Crippen LogP contribution < -0.4 is 0 Å². The highest BCUT2D eigenvalue weighted by Crippen LogP contribution is 2.41. The topological polar surface area (TPSA) is 0 Å². The first-order chi connectivity index (χ1) is 9.09. The van der Waals surface area contributed by atoms with Crippen LogP contribution >= 0.6 is 15.9 Å². The van der Waals surface area contributed by atoms with Gasteiger partial charge in [-0.05, 0) is 66.6 Å². The molecule has 0 heterocycles. The third-order valence-electron chi connectivity index (χ3n) is 4.13. The van der Waals surface area contributed by atoms with E-state index in [1.54, 1.807) is 0 Å². The number of benzene rings is 2. The molecule has 0 saturated carbocycles. The van der Waals surface area contributed by atoms with Crippen LogP contribution in [0.25, 0.3) is 5.57 Å². The second-order valence-electron chi connectivity index (χ2n) is 5.35. The molecule has 0 aromatic heterocycles. The van der Waals surface area contributed by atoms with Crippen molar-refractivity contribution in [3.63, 3.8) is 0 Å². The SMILES string of the molecule is CC1=C(c2cccc(C)c2C)c2cccc(Br)c2C1. The van der Waals surface area contributed by atoms with Crippen LogP contribution in [0.5, 0.6) is 0 Å². The van der Waals surface area contributed by atoms with Crippen LogP contribution in [0.2, 0.25) is 0 Å². The van der Waals surface area contributed by atoms with Crippen molar-refractivity contribution in [3.05, 3.63) is 74.3 Å². The summed E-state index contributed by atoms with van der Waals surface area (Å²) in [5.74, 6) is 0. The molecule has 1 heteroatoms. The van der Waals surface area contributed by atoms with E-state index < -0.39 is 0 Å². The van der Waals surface area contributed by atoms with Crippen molar-refractivity contribution in [2.24, 2.45) is 0 Å². The summed E-state index contributed by atoms with van der Waals surface area (Å²) in [6, 6.07) is 13.1. The lowest BCUT2D eigenvalue weighted by atomic mass is 9.92. The van der Waals surface area contributed by atoms with Gasteiger partial charge in [-0.3, -0.25) is 0 Å². The molecule has 2 aromatic carbocycles. The van der Waals surface area contributed by atoms with Crippen molar-refractivity contribution in [3.8, 4) is 0 Å². The molecule has 96 valence electrons. The van der Waals surface area contributed by atoms with Gasteiger partial charge in [0, 0.05) is 4.47 Å². The first-order valence-corrected chi connectivity index (χ1v) is 7.43. The van der Waals surface area contributed by atoms with Gasteiger partial charge in [0.2, 0.25) is 0 Å². The molecule has 0 nitrogen and oxygen atoms in total. The predicted octanol–water partition coefficient (Wildman–Crippen LogP) is 5.44. The Morgan fingerprint density at radius 2 is 1.58 bits per heavy atom. The van der Waals surface area contributed by atoms with Gasteiger partial charge in [-0.25, -0.2) is 0 Å². The largest absolute Gasteiger partial charge is 0.0614 e. The average Bonchev–Trinajstić information content (AvgIpc) is 2.71. The lowest BCUT2D eigenvalue weighted by Gasteiger charge is -2.13. The lowest BCUT2D eigenvalue weighted by Crippen LogP contribution is -1.93.